The van der Waals surface area contributed by atoms with E-state index in [0.717, 1.165) is 0 Å². The zero-order valence-corrected chi connectivity index (χ0v) is 14.7. The Morgan fingerprint density at radius 3 is 2.54 bits per heavy atom. The van der Waals surface area contributed by atoms with Crippen LogP contribution in [0, 0.1) is 17.2 Å². The Morgan fingerprint density at radius 1 is 1.15 bits per heavy atom. The van der Waals surface area contributed by atoms with E-state index in [4.69, 9.17) is 14.7 Å². The summed E-state index contributed by atoms with van der Waals surface area (Å²) in [4.78, 5) is 23.9. The second-order valence-electron chi connectivity index (χ2n) is 6.05. The highest BCUT2D eigenvalue weighted by Gasteiger charge is 2.11. The number of nitrogens with zero attached hydrogens (tertiary/aromatic N) is 1. The molecule has 6 heteroatoms. The Morgan fingerprint density at radius 2 is 1.88 bits per heavy atom. The van der Waals surface area contributed by atoms with Crippen molar-refractivity contribution in [2.45, 2.75) is 13.8 Å². The van der Waals surface area contributed by atoms with Crippen molar-refractivity contribution in [2.24, 2.45) is 5.92 Å². The molecule has 2 aromatic carbocycles. The number of hydrogen-bond donors (Lipinski definition) is 1. The summed E-state index contributed by atoms with van der Waals surface area (Å²) in [6, 6.07) is 15.0. The van der Waals surface area contributed by atoms with Crippen LogP contribution in [0.4, 0.5) is 5.69 Å². The standard InChI is InChI=1S/C20H20N2O4/c1-14(2)12-25-18-8-6-16(7-9-18)20(24)26-13-19(23)22-17-5-3-4-15(10-17)11-21/h3-10,14H,12-13H2,1-2H3,(H,22,23). The van der Waals surface area contributed by atoms with Gasteiger partial charge in [0.2, 0.25) is 0 Å². The molecule has 0 aliphatic rings. The molecule has 0 unspecified atom stereocenters. The lowest BCUT2D eigenvalue weighted by Crippen LogP contribution is -2.21. The smallest absolute Gasteiger partial charge is 0.338 e. The van der Waals surface area contributed by atoms with E-state index in [0.29, 0.717) is 35.1 Å². The molecule has 0 radical (unpaired) electrons. The number of esters is 1. The van der Waals surface area contributed by atoms with E-state index in [9.17, 15) is 9.59 Å². The molecule has 0 fully saturated rings. The Hall–Kier alpha value is -3.33. The van der Waals surface area contributed by atoms with E-state index in [1.807, 2.05) is 19.9 Å². The molecule has 0 spiro atoms. The van der Waals surface area contributed by atoms with Crippen LogP contribution in [-0.2, 0) is 9.53 Å². The third kappa shape index (κ3) is 5.95. The minimum absolute atomic E-state index is 0.334. The van der Waals surface area contributed by atoms with Gasteiger partial charge in [-0.15, -0.1) is 0 Å². The SMILES string of the molecule is CC(C)COc1ccc(C(=O)OCC(=O)Nc2cccc(C#N)c2)cc1. The van der Waals surface area contributed by atoms with Crippen LogP contribution in [0.1, 0.15) is 29.8 Å². The molecule has 0 heterocycles. The molecule has 0 aliphatic carbocycles. The van der Waals surface area contributed by atoms with E-state index < -0.39 is 18.5 Å². The van der Waals surface area contributed by atoms with Crippen LogP contribution in [-0.4, -0.2) is 25.1 Å². The minimum atomic E-state index is -0.596. The molecule has 26 heavy (non-hydrogen) atoms. The molecular weight excluding hydrogens is 332 g/mol. The van der Waals surface area contributed by atoms with Gasteiger partial charge < -0.3 is 14.8 Å². The molecule has 0 aliphatic heterocycles. The fourth-order valence-electron chi connectivity index (χ4n) is 2.03. The van der Waals surface area contributed by atoms with Gasteiger partial charge in [0.25, 0.3) is 5.91 Å². The number of nitrogens with one attached hydrogen (secondary N) is 1. The monoisotopic (exact) mass is 352 g/mol. The Bertz CT molecular complexity index is 807. The largest absolute Gasteiger partial charge is 0.493 e. The van der Waals surface area contributed by atoms with Crippen molar-refractivity contribution >= 4 is 17.6 Å². The van der Waals surface area contributed by atoms with Gasteiger partial charge in [0, 0.05) is 5.69 Å². The molecule has 1 amide bonds. The van der Waals surface area contributed by atoms with E-state index in [1.54, 1.807) is 42.5 Å². The molecule has 0 bridgehead atoms. The third-order valence-corrected chi connectivity index (χ3v) is 3.28. The van der Waals surface area contributed by atoms with Crippen LogP contribution >= 0.6 is 0 Å². The number of amides is 1. The molecule has 6 nitrogen and oxygen atoms in total. The number of benzene rings is 2. The fourth-order valence-corrected chi connectivity index (χ4v) is 2.03. The van der Waals surface area contributed by atoms with Gasteiger partial charge in [0.15, 0.2) is 6.61 Å². The summed E-state index contributed by atoms with van der Waals surface area (Å²) < 4.78 is 10.5. The highest BCUT2D eigenvalue weighted by atomic mass is 16.5. The maximum absolute atomic E-state index is 12.0. The van der Waals surface area contributed by atoms with E-state index in [-0.39, 0.29) is 0 Å². The maximum atomic E-state index is 12.0. The van der Waals surface area contributed by atoms with Gasteiger partial charge >= 0.3 is 5.97 Å². The highest BCUT2D eigenvalue weighted by molar-refractivity contribution is 5.95. The van der Waals surface area contributed by atoms with E-state index in [1.165, 1.54) is 6.07 Å². The Labute approximate surface area is 152 Å². The number of carbonyl (C=O) groups is 2. The van der Waals surface area contributed by atoms with Crippen molar-refractivity contribution in [3.05, 3.63) is 59.7 Å². The number of nitriles is 1. The molecule has 134 valence electrons. The first-order chi connectivity index (χ1) is 12.5. The molecule has 2 aromatic rings. The van der Waals surface area contributed by atoms with Crippen LogP contribution < -0.4 is 10.1 Å². The van der Waals surface area contributed by atoms with Crippen molar-refractivity contribution in [1.29, 1.82) is 5.26 Å². The summed E-state index contributed by atoms with van der Waals surface area (Å²) in [7, 11) is 0. The summed E-state index contributed by atoms with van der Waals surface area (Å²) in [5.41, 5.74) is 1.23. The zero-order valence-electron chi connectivity index (χ0n) is 14.7. The molecule has 0 saturated heterocycles. The summed E-state index contributed by atoms with van der Waals surface area (Å²) in [5.74, 6) is 0.00374. The molecule has 2 rings (SSSR count). The molecule has 0 atom stereocenters. The lowest BCUT2D eigenvalue weighted by molar-refractivity contribution is -0.119. The summed E-state index contributed by atoms with van der Waals surface area (Å²) in [6.07, 6.45) is 0. The normalized spacial score (nSPS) is 10.1. The van der Waals surface area contributed by atoms with Crippen molar-refractivity contribution in [1.82, 2.24) is 0 Å². The van der Waals surface area contributed by atoms with E-state index >= 15 is 0 Å². The van der Waals surface area contributed by atoms with Gasteiger partial charge in [-0.1, -0.05) is 19.9 Å². The quantitative estimate of drug-likeness (QED) is 0.772. The predicted octanol–water partition coefficient (Wildman–Crippen LogP) is 3.39. The average Bonchev–Trinajstić information content (AvgIpc) is 2.65. The number of anilines is 1. The summed E-state index contributed by atoms with van der Waals surface area (Å²) in [5, 5.41) is 11.4. The van der Waals surface area contributed by atoms with Crippen molar-refractivity contribution < 1.29 is 19.1 Å². The van der Waals surface area contributed by atoms with Crippen LogP contribution in [0.2, 0.25) is 0 Å². The first-order valence-electron chi connectivity index (χ1n) is 8.18. The molecule has 0 aromatic heterocycles. The van der Waals surface area contributed by atoms with Gasteiger partial charge in [0.1, 0.15) is 5.75 Å². The first-order valence-corrected chi connectivity index (χ1v) is 8.18. The van der Waals surface area contributed by atoms with Crippen LogP contribution in [0.5, 0.6) is 5.75 Å². The van der Waals surface area contributed by atoms with Gasteiger partial charge in [-0.3, -0.25) is 4.79 Å². The van der Waals surface area contributed by atoms with E-state index in [2.05, 4.69) is 5.32 Å². The summed E-state index contributed by atoms with van der Waals surface area (Å²) >= 11 is 0. The molecule has 0 saturated carbocycles. The minimum Gasteiger partial charge on any atom is -0.493 e. The Balaban J connectivity index is 1.83. The van der Waals surface area contributed by atoms with Gasteiger partial charge in [-0.2, -0.15) is 5.26 Å². The third-order valence-electron chi connectivity index (χ3n) is 3.28. The number of ether oxygens (including phenoxy) is 2. The molecular formula is C20H20N2O4. The van der Waals surface area contributed by atoms with Crippen molar-refractivity contribution in [3.8, 4) is 11.8 Å². The van der Waals surface area contributed by atoms with Gasteiger partial charge in [0.05, 0.1) is 23.8 Å². The zero-order chi connectivity index (χ0) is 18.9. The van der Waals surface area contributed by atoms with Crippen LogP contribution in [0.15, 0.2) is 48.5 Å². The molecule has 1 N–H and O–H groups in total. The van der Waals surface area contributed by atoms with Gasteiger partial charge in [-0.25, -0.2) is 4.79 Å². The predicted molar refractivity (Wildman–Crippen MR) is 96.8 cm³/mol. The van der Waals surface area contributed by atoms with Crippen molar-refractivity contribution in [3.63, 3.8) is 0 Å². The topological polar surface area (TPSA) is 88.4 Å². The maximum Gasteiger partial charge on any atom is 0.338 e. The van der Waals surface area contributed by atoms with Gasteiger partial charge in [-0.05, 0) is 48.4 Å². The second-order valence-corrected chi connectivity index (χ2v) is 6.05. The fraction of sp³-hybridized carbons (Fsp3) is 0.250. The number of rotatable bonds is 7. The Kier molecular flexibility index (Phi) is 6.75. The average molecular weight is 352 g/mol. The first kappa shape index (κ1) is 19.0. The van der Waals surface area contributed by atoms with Crippen molar-refractivity contribution in [2.75, 3.05) is 18.5 Å². The summed E-state index contributed by atoms with van der Waals surface area (Å²) in [6.45, 7) is 4.28. The lowest BCUT2D eigenvalue weighted by atomic mass is 10.2. The number of hydrogen-bond acceptors (Lipinski definition) is 5. The lowest BCUT2D eigenvalue weighted by Gasteiger charge is -2.09. The van der Waals surface area contributed by atoms with Crippen LogP contribution in [0.25, 0.3) is 0 Å². The van der Waals surface area contributed by atoms with Crippen LogP contribution in [0.3, 0.4) is 0 Å². The highest BCUT2D eigenvalue weighted by Crippen LogP contribution is 2.14. The number of carbonyl (C=O) groups excluding carboxylic acids is 2. The second kappa shape index (κ2) is 9.23.